The molecule has 0 unspecified atom stereocenters. The van der Waals surface area contributed by atoms with Gasteiger partial charge in [0.2, 0.25) is 0 Å². The highest BCUT2D eigenvalue weighted by atomic mass is 35.5. The average Bonchev–Trinajstić information content (AvgIpc) is 3.06. The summed E-state index contributed by atoms with van der Waals surface area (Å²) in [4.78, 5) is 4.13. The van der Waals surface area contributed by atoms with Gasteiger partial charge < -0.3 is 9.50 Å². The molecule has 3 rings (SSSR count). The molecule has 3 aromatic rings. The van der Waals surface area contributed by atoms with E-state index in [1.807, 2.05) is 0 Å². The molecule has 0 bridgehead atoms. The van der Waals surface area contributed by atoms with Crippen LogP contribution in [-0.4, -0.2) is 26.4 Å². The van der Waals surface area contributed by atoms with E-state index in [4.69, 9.17) is 15.8 Å². The molecule has 0 aliphatic carbocycles. The third kappa shape index (κ3) is 5.00. The number of nitrogens with one attached hydrogen (secondary N) is 1. The average molecular weight is 461 g/mol. The molecule has 0 saturated heterocycles. The van der Waals surface area contributed by atoms with E-state index in [9.17, 15) is 21.4 Å². The maximum atomic E-state index is 12.5. The normalized spacial score (nSPS) is 11.9. The molecule has 12 heteroatoms. The quantitative estimate of drug-likeness (QED) is 0.406. The fraction of sp³-hybridized carbons (Fsp3) is 0.0625. The molecule has 1 aromatic heterocycles. The van der Waals surface area contributed by atoms with Gasteiger partial charge in [-0.1, -0.05) is 29.8 Å². The van der Waals surface area contributed by atoms with Crippen LogP contribution < -0.4 is 9.50 Å². The van der Waals surface area contributed by atoms with Crippen molar-refractivity contribution in [1.29, 1.82) is 0 Å². The van der Waals surface area contributed by atoms with Crippen molar-refractivity contribution in [1.82, 2.24) is 4.98 Å². The van der Waals surface area contributed by atoms with Gasteiger partial charge in [0.05, 0.1) is 17.1 Å². The van der Waals surface area contributed by atoms with Crippen molar-refractivity contribution in [3.8, 4) is 5.75 Å². The van der Waals surface area contributed by atoms with Crippen molar-refractivity contribution in [2.24, 2.45) is 0 Å². The number of aromatic nitrogens is 1. The lowest BCUT2D eigenvalue weighted by molar-refractivity contribution is 0.482. The molecule has 28 heavy (non-hydrogen) atoms. The fourth-order valence-electron chi connectivity index (χ4n) is 2.18. The maximum absolute atomic E-state index is 12.5. The molecule has 0 aliphatic heterocycles. The molecule has 8 nitrogen and oxygen atoms in total. The Hall–Kier alpha value is -2.18. The number of hydrogen-bond donors (Lipinski definition) is 2. The van der Waals surface area contributed by atoms with E-state index in [-0.39, 0.29) is 22.9 Å². The summed E-state index contributed by atoms with van der Waals surface area (Å²) in [6.07, 6.45) is 1.52. The summed E-state index contributed by atoms with van der Waals surface area (Å²) in [5.41, 5.74) is 0.0548. The van der Waals surface area contributed by atoms with Crippen LogP contribution in [0.5, 0.6) is 5.75 Å². The first-order valence-electron chi connectivity index (χ1n) is 7.60. The number of rotatable bonds is 7. The van der Waals surface area contributed by atoms with Crippen LogP contribution >= 0.6 is 22.9 Å². The zero-order valence-electron chi connectivity index (χ0n) is 13.9. The van der Waals surface area contributed by atoms with Gasteiger partial charge in [0.25, 0.3) is 10.1 Å². The highest BCUT2D eigenvalue weighted by Gasteiger charge is 2.20. The fourth-order valence-corrected chi connectivity index (χ4v) is 4.57. The van der Waals surface area contributed by atoms with Gasteiger partial charge in [-0.2, -0.15) is 16.8 Å². The largest absolute Gasteiger partial charge is 0.377 e. The Morgan fingerprint density at radius 1 is 1.07 bits per heavy atom. The van der Waals surface area contributed by atoms with Crippen molar-refractivity contribution in [3.05, 3.63) is 64.1 Å². The van der Waals surface area contributed by atoms with Gasteiger partial charge in [-0.15, -0.1) is 11.3 Å². The molecule has 0 spiro atoms. The van der Waals surface area contributed by atoms with Crippen LogP contribution in [0.2, 0.25) is 4.47 Å². The number of benzene rings is 2. The summed E-state index contributed by atoms with van der Waals surface area (Å²) in [6.45, 7) is 0.182. The molecule has 0 amide bonds. The zero-order valence-corrected chi connectivity index (χ0v) is 17.1. The number of thiazole rings is 1. The highest BCUT2D eigenvalue weighted by molar-refractivity contribution is 7.87. The van der Waals surface area contributed by atoms with E-state index in [2.05, 4.69) is 10.3 Å². The lowest BCUT2D eigenvalue weighted by Gasteiger charge is -2.14. The first-order valence-corrected chi connectivity index (χ1v) is 11.6. The van der Waals surface area contributed by atoms with E-state index in [1.165, 1.54) is 29.7 Å². The van der Waals surface area contributed by atoms with Gasteiger partial charge in [0.1, 0.15) is 4.90 Å². The van der Waals surface area contributed by atoms with Gasteiger partial charge in [0, 0.05) is 11.1 Å². The zero-order chi connectivity index (χ0) is 20.4. The second-order valence-electron chi connectivity index (χ2n) is 5.42. The first kappa shape index (κ1) is 20.6. The van der Waals surface area contributed by atoms with Crippen LogP contribution in [-0.2, 0) is 26.8 Å². The molecule has 1 heterocycles. The van der Waals surface area contributed by atoms with Crippen LogP contribution in [0.4, 0.5) is 5.69 Å². The van der Waals surface area contributed by atoms with E-state index in [0.717, 1.165) is 23.1 Å². The lowest BCUT2D eigenvalue weighted by atomic mass is 10.3. The third-order valence-electron chi connectivity index (χ3n) is 3.46. The Morgan fingerprint density at radius 2 is 1.79 bits per heavy atom. The van der Waals surface area contributed by atoms with Gasteiger partial charge in [-0.05, 0) is 30.3 Å². The molecule has 2 aromatic carbocycles. The van der Waals surface area contributed by atoms with Gasteiger partial charge in [0.15, 0.2) is 10.2 Å². The first-order chi connectivity index (χ1) is 13.1. The summed E-state index contributed by atoms with van der Waals surface area (Å²) < 4.78 is 62.6. The predicted molar refractivity (Wildman–Crippen MR) is 105 cm³/mol. The predicted octanol–water partition coefficient (Wildman–Crippen LogP) is 3.42. The van der Waals surface area contributed by atoms with E-state index in [0.29, 0.717) is 4.47 Å². The van der Waals surface area contributed by atoms with E-state index >= 15 is 0 Å². The van der Waals surface area contributed by atoms with Crippen LogP contribution in [0.3, 0.4) is 0 Å². The number of halogens is 1. The number of hydrogen-bond acceptors (Lipinski definition) is 8. The summed E-state index contributed by atoms with van der Waals surface area (Å²) in [5, 5.41) is 2.88. The van der Waals surface area contributed by atoms with Gasteiger partial charge in [-0.3, -0.25) is 4.55 Å². The minimum atomic E-state index is -4.49. The summed E-state index contributed by atoms with van der Waals surface area (Å²) in [7, 11) is -8.64. The SMILES string of the molecule is O=S(=O)(O)c1ccc(OS(=O)(=O)c2ccccc2)c(NCc2cnc(Cl)s2)c1. The number of nitrogens with zero attached hydrogens (tertiary/aromatic N) is 1. The van der Waals surface area contributed by atoms with E-state index < -0.39 is 25.1 Å². The molecule has 148 valence electrons. The smallest absolute Gasteiger partial charge is 0.339 e. The van der Waals surface area contributed by atoms with Crippen LogP contribution in [0.15, 0.2) is 64.5 Å². The molecule has 0 saturated carbocycles. The Balaban J connectivity index is 1.95. The van der Waals surface area contributed by atoms with Crippen LogP contribution in [0, 0.1) is 0 Å². The Kier molecular flexibility index (Phi) is 5.91. The topological polar surface area (TPSA) is 123 Å². The summed E-state index contributed by atoms with van der Waals surface area (Å²) in [5.74, 6) is -0.133. The second-order valence-corrected chi connectivity index (χ2v) is 10.1. The molecule has 0 atom stereocenters. The minimum absolute atomic E-state index is 0.0548. The monoisotopic (exact) mass is 460 g/mol. The van der Waals surface area contributed by atoms with Crippen LogP contribution in [0.25, 0.3) is 0 Å². The Labute approximate surface area is 170 Å². The van der Waals surface area contributed by atoms with Crippen molar-refractivity contribution in [2.75, 3.05) is 5.32 Å². The lowest BCUT2D eigenvalue weighted by Crippen LogP contribution is -2.12. The van der Waals surface area contributed by atoms with Crippen molar-refractivity contribution >= 4 is 48.9 Å². The molecule has 0 aliphatic rings. The van der Waals surface area contributed by atoms with Crippen molar-refractivity contribution < 1.29 is 25.6 Å². The van der Waals surface area contributed by atoms with E-state index in [1.54, 1.807) is 18.2 Å². The molecule has 0 fully saturated rings. The highest BCUT2D eigenvalue weighted by Crippen LogP contribution is 2.31. The van der Waals surface area contributed by atoms with Gasteiger partial charge >= 0.3 is 10.1 Å². The molecular weight excluding hydrogens is 448 g/mol. The standard InChI is InChI=1S/C16H13ClN2O6S3/c17-16-19-10-11(26-16)9-18-14-8-13(27(20,21)22)6-7-15(14)25-28(23,24)12-4-2-1-3-5-12/h1-8,10,18H,9H2,(H,20,21,22). The van der Waals surface area contributed by atoms with Gasteiger partial charge in [-0.25, -0.2) is 4.98 Å². The van der Waals surface area contributed by atoms with Crippen molar-refractivity contribution in [2.45, 2.75) is 16.3 Å². The number of anilines is 1. The summed E-state index contributed by atoms with van der Waals surface area (Å²) in [6, 6.07) is 10.8. The van der Waals surface area contributed by atoms with Crippen molar-refractivity contribution in [3.63, 3.8) is 0 Å². The summed E-state index contributed by atoms with van der Waals surface area (Å²) >= 11 is 6.97. The maximum Gasteiger partial charge on any atom is 0.339 e. The minimum Gasteiger partial charge on any atom is -0.377 e. The molecule has 2 N–H and O–H groups in total. The second kappa shape index (κ2) is 8.05. The Morgan fingerprint density at radius 3 is 2.39 bits per heavy atom. The molecular formula is C16H13ClN2O6S3. The third-order valence-corrected chi connectivity index (χ3v) is 6.67. The van der Waals surface area contributed by atoms with Crippen LogP contribution in [0.1, 0.15) is 4.88 Å². The Bertz CT molecular complexity index is 1190. The molecule has 0 radical (unpaired) electrons.